The fourth-order valence-electron chi connectivity index (χ4n) is 1.71. The van der Waals surface area contributed by atoms with Gasteiger partial charge < -0.3 is 10.0 Å². The van der Waals surface area contributed by atoms with Crippen molar-refractivity contribution in [1.29, 1.82) is 0 Å². The van der Waals surface area contributed by atoms with Crippen LogP contribution in [0, 0.1) is 6.92 Å². The lowest BCUT2D eigenvalue weighted by Gasteiger charge is -2.22. The maximum absolute atomic E-state index is 9.14. The standard InChI is InChI=1S/C12H16N2O/c1-10-2-4-11(5-3-10)7-14-9-13-6-12(14)8-15/h2-5,9,12,15H,6-8H2,1H3. The molecule has 0 fully saturated rings. The maximum atomic E-state index is 9.14. The van der Waals surface area contributed by atoms with Gasteiger partial charge in [0.15, 0.2) is 0 Å². The Hall–Kier alpha value is -1.35. The minimum atomic E-state index is 0.159. The average Bonchev–Trinajstić information content (AvgIpc) is 2.69. The van der Waals surface area contributed by atoms with Gasteiger partial charge in [0, 0.05) is 6.54 Å². The third kappa shape index (κ3) is 2.36. The van der Waals surface area contributed by atoms with Crippen LogP contribution in [0.4, 0.5) is 0 Å². The third-order valence-corrected chi connectivity index (χ3v) is 2.71. The van der Waals surface area contributed by atoms with Crippen LogP contribution in [-0.4, -0.2) is 35.5 Å². The molecule has 0 aliphatic carbocycles. The predicted molar refractivity (Wildman–Crippen MR) is 61.0 cm³/mol. The number of hydrogen-bond donors (Lipinski definition) is 1. The molecule has 0 aromatic heterocycles. The molecule has 0 bridgehead atoms. The van der Waals surface area contributed by atoms with Crippen molar-refractivity contribution < 1.29 is 5.11 Å². The van der Waals surface area contributed by atoms with Crippen molar-refractivity contribution in [1.82, 2.24) is 4.90 Å². The molecule has 3 nitrogen and oxygen atoms in total. The summed E-state index contributed by atoms with van der Waals surface area (Å²) in [7, 11) is 0. The molecule has 0 saturated heterocycles. The van der Waals surface area contributed by atoms with Crippen molar-refractivity contribution >= 4 is 6.34 Å². The molecule has 80 valence electrons. The normalized spacial score (nSPS) is 19.9. The molecule has 3 heteroatoms. The predicted octanol–water partition coefficient (Wildman–Crippen LogP) is 1.20. The second-order valence-corrected chi connectivity index (χ2v) is 3.97. The molecule has 1 unspecified atom stereocenters. The Morgan fingerprint density at radius 3 is 2.80 bits per heavy atom. The molecular weight excluding hydrogens is 188 g/mol. The van der Waals surface area contributed by atoms with Crippen LogP contribution in [0.15, 0.2) is 29.3 Å². The van der Waals surface area contributed by atoms with Gasteiger partial charge in [0.1, 0.15) is 0 Å². The Morgan fingerprint density at radius 1 is 1.40 bits per heavy atom. The van der Waals surface area contributed by atoms with Crippen molar-refractivity contribution in [2.45, 2.75) is 19.5 Å². The topological polar surface area (TPSA) is 35.8 Å². The van der Waals surface area contributed by atoms with E-state index in [0.29, 0.717) is 6.54 Å². The summed E-state index contributed by atoms with van der Waals surface area (Å²) < 4.78 is 0. The Bertz CT molecular complexity index is 345. The smallest absolute Gasteiger partial charge is 0.0857 e. The second-order valence-electron chi connectivity index (χ2n) is 3.97. The zero-order valence-electron chi connectivity index (χ0n) is 8.93. The van der Waals surface area contributed by atoms with E-state index in [2.05, 4.69) is 41.1 Å². The van der Waals surface area contributed by atoms with Gasteiger partial charge in [0.05, 0.1) is 25.5 Å². The summed E-state index contributed by atoms with van der Waals surface area (Å²) in [4.78, 5) is 6.26. The Balaban J connectivity index is 2.02. The lowest BCUT2D eigenvalue weighted by molar-refractivity contribution is 0.195. The molecule has 1 aromatic rings. The van der Waals surface area contributed by atoms with Crippen LogP contribution in [0.5, 0.6) is 0 Å². The van der Waals surface area contributed by atoms with Gasteiger partial charge in [-0.05, 0) is 12.5 Å². The number of aliphatic hydroxyl groups excluding tert-OH is 1. The number of hydrogen-bond acceptors (Lipinski definition) is 3. The highest BCUT2D eigenvalue weighted by Crippen LogP contribution is 2.11. The quantitative estimate of drug-likeness (QED) is 0.803. The van der Waals surface area contributed by atoms with E-state index in [-0.39, 0.29) is 12.6 Å². The molecule has 1 aliphatic rings. The first kappa shape index (κ1) is 10.2. The molecule has 1 aliphatic heterocycles. The number of rotatable bonds is 3. The monoisotopic (exact) mass is 204 g/mol. The lowest BCUT2D eigenvalue weighted by Crippen LogP contribution is -2.33. The molecule has 0 spiro atoms. The van der Waals surface area contributed by atoms with Gasteiger partial charge in [-0.15, -0.1) is 0 Å². The SMILES string of the molecule is Cc1ccc(CN2C=NCC2CO)cc1. The molecule has 1 heterocycles. The van der Waals surface area contributed by atoms with Gasteiger partial charge in [-0.3, -0.25) is 4.99 Å². The summed E-state index contributed by atoms with van der Waals surface area (Å²) >= 11 is 0. The van der Waals surface area contributed by atoms with Crippen molar-refractivity contribution in [3.8, 4) is 0 Å². The Labute approximate surface area is 90.1 Å². The van der Waals surface area contributed by atoms with Gasteiger partial charge in [-0.25, -0.2) is 0 Å². The van der Waals surface area contributed by atoms with Crippen molar-refractivity contribution in [3.63, 3.8) is 0 Å². The van der Waals surface area contributed by atoms with E-state index in [1.807, 2.05) is 6.34 Å². The van der Waals surface area contributed by atoms with Crippen LogP contribution in [0.3, 0.4) is 0 Å². The van der Waals surface area contributed by atoms with Crippen LogP contribution in [0.25, 0.3) is 0 Å². The zero-order chi connectivity index (χ0) is 10.7. The van der Waals surface area contributed by atoms with Gasteiger partial charge in [-0.1, -0.05) is 29.8 Å². The molecule has 1 atom stereocenters. The summed E-state index contributed by atoms with van der Waals surface area (Å²) in [6.45, 7) is 3.79. The molecular formula is C12H16N2O. The highest BCUT2D eigenvalue weighted by atomic mass is 16.3. The average molecular weight is 204 g/mol. The fourth-order valence-corrected chi connectivity index (χ4v) is 1.71. The Morgan fingerprint density at radius 2 is 2.13 bits per heavy atom. The van der Waals surface area contributed by atoms with E-state index in [1.54, 1.807) is 0 Å². The van der Waals surface area contributed by atoms with Gasteiger partial charge >= 0.3 is 0 Å². The molecule has 15 heavy (non-hydrogen) atoms. The fraction of sp³-hybridized carbons (Fsp3) is 0.417. The second kappa shape index (κ2) is 4.45. The Kier molecular flexibility index (Phi) is 3.02. The van der Waals surface area contributed by atoms with E-state index < -0.39 is 0 Å². The first-order chi connectivity index (χ1) is 7.29. The molecule has 1 aromatic carbocycles. The van der Waals surface area contributed by atoms with Gasteiger partial charge in [0.2, 0.25) is 0 Å². The van der Waals surface area contributed by atoms with Crippen molar-refractivity contribution in [3.05, 3.63) is 35.4 Å². The summed E-state index contributed by atoms with van der Waals surface area (Å²) in [6, 6.07) is 8.62. The number of aliphatic hydroxyl groups is 1. The maximum Gasteiger partial charge on any atom is 0.0857 e. The molecule has 0 saturated carbocycles. The van der Waals surface area contributed by atoms with E-state index in [0.717, 1.165) is 6.54 Å². The number of benzene rings is 1. The minimum Gasteiger partial charge on any atom is -0.394 e. The third-order valence-electron chi connectivity index (χ3n) is 2.71. The number of nitrogens with zero attached hydrogens (tertiary/aromatic N) is 2. The number of aliphatic imine (C=N–C) groups is 1. The van der Waals surface area contributed by atoms with E-state index >= 15 is 0 Å². The largest absolute Gasteiger partial charge is 0.394 e. The molecule has 2 rings (SSSR count). The summed E-state index contributed by atoms with van der Waals surface area (Å²) in [5.41, 5.74) is 2.53. The zero-order valence-corrected chi connectivity index (χ0v) is 8.93. The van der Waals surface area contributed by atoms with Crippen molar-refractivity contribution in [2.24, 2.45) is 4.99 Å². The highest BCUT2D eigenvalue weighted by molar-refractivity contribution is 5.58. The first-order valence-electron chi connectivity index (χ1n) is 5.21. The summed E-state index contributed by atoms with van der Waals surface area (Å²) in [5.74, 6) is 0. The van der Waals surface area contributed by atoms with E-state index in [4.69, 9.17) is 5.11 Å². The number of aryl methyl sites for hydroxylation is 1. The first-order valence-corrected chi connectivity index (χ1v) is 5.21. The van der Waals surface area contributed by atoms with E-state index in [1.165, 1.54) is 11.1 Å². The van der Waals surface area contributed by atoms with E-state index in [9.17, 15) is 0 Å². The van der Waals surface area contributed by atoms with Gasteiger partial charge in [-0.2, -0.15) is 0 Å². The van der Waals surface area contributed by atoms with Crippen LogP contribution < -0.4 is 0 Å². The highest BCUT2D eigenvalue weighted by Gasteiger charge is 2.18. The van der Waals surface area contributed by atoms with Crippen molar-refractivity contribution in [2.75, 3.05) is 13.2 Å². The van der Waals surface area contributed by atoms with Crippen LogP contribution in [-0.2, 0) is 6.54 Å². The van der Waals surface area contributed by atoms with Gasteiger partial charge in [0.25, 0.3) is 0 Å². The minimum absolute atomic E-state index is 0.159. The van der Waals surface area contributed by atoms with Crippen LogP contribution >= 0.6 is 0 Å². The summed E-state index contributed by atoms with van der Waals surface area (Å²) in [6.07, 6.45) is 1.83. The molecule has 0 radical (unpaired) electrons. The van der Waals surface area contributed by atoms with Crippen LogP contribution in [0.1, 0.15) is 11.1 Å². The lowest BCUT2D eigenvalue weighted by atomic mass is 10.1. The summed E-state index contributed by atoms with van der Waals surface area (Å²) in [5, 5.41) is 9.14. The molecule has 0 amide bonds. The molecule has 1 N–H and O–H groups in total. The van der Waals surface area contributed by atoms with Crippen LogP contribution in [0.2, 0.25) is 0 Å².